The van der Waals surface area contributed by atoms with Crippen LogP contribution in [0.15, 0.2) is 53.4 Å². The van der Waals surface area contributed by atoms with Gasteiger partial charge in [-0.05, 0) is 69.3 Å². The predicted octanol–water partition coefficient (Wildman–Crippen LogP) is 4.42. The molecule has 2 aromatic carbocycles. The first-order chi connectivity index (χ1) is 16.8. The average molecular weight is 498 g/mol. The lowest BCUT2D eigenvalue weighted by atomic mass is 10.0. The standard InChI is InChI=1S/C28H39N3O3S/c1-22-6-8-24(9-7-22)27(30-16-4-3-5-17-30)20-29-21-28(32)25-10-12-26(13-11-25)35(33,34)31-18-14-23(2)15-19-31/h6-13,23,27,29H,3-5,14-21H2,1-2H3. The number of nitrogens with zero attached hydrogens (tertiary/aromatic N) is 2. The zero-order chi connectivity index (χ0) is 24.8. The van der Waals surface area contributed by atoms with E-state index in [-0.39, 0.29) is 23.3 Å². The van der Waals surface area contributed by atoms with Crippen LogP contribution in [0.4, 0.5) is 0 Å². The summed E-state index contributed by atoms with van der Waals surface area (Å²) in [6.45, 7) is 8.48. The molecular formula is C28H39N3O3S. The van der Waals surface area contributed by atoms with E-state index in [1.54, 1.807) is 28.6 Å². The van der Waals surface area contributed by atoms with E-state index in [9.17, 15) is 13.2 Å². The van der Waals surface area contributed by atoms with Crippen LogP contribution in [0.25, 0.3) is 0 Å². The van der Waals surface area contributed by atoms with Crippen molar-refractivity contribution in [1.29, 1.82) is 0 Å². The number of hydrogen-bond donors (Lipinski definition) is 1. The Kier molecular flexibility index (Phi) is 8.76. The van der Waals surface area contributed by atoms with Gasteiger partial charge in [0.15, 0.2) is 5.78 Å². The topological polar surface area (TPSA) is 69.7 Å². The molecule has 1 N–H and O–H groups in total. The van der Waals surface area contributed by atoms with Crippen molar-refractivity contribution in [2.75, 3.05) is 39.3 Å². The molecule has 2 saturated heterocycles. The number of rotatable bonds is 9. The molecule has 0 saturated carbocycles. The Hall–Kier alpha value is -2.06. The maximum Gasteiger partial charge on any atom is 0.243 e. The van der Waals surface area contributed by atoms with Crippen LogP contribution in [0.2, 0.25) is 0 Å². The summed E-state index contributed by atoms with van der Waals surface area (Å²) in [5.74, 6) is 0.538. The van der Waals surface area contributed by atoms with Gasteiger partial charge in [-0.1, -0.05) is 55.3 Å². The second-order valence-electron chi connectivity index (χ2n) is 10.2. The Balaban J connectivity index is 1.36. The number of ketones is 1. The van der Waals surface area contributed by atoms with E-state index >= 15 is 0 Å². The molecule has 0 spiro atoms. The van der Waals surface area contributed by atoms with Crippen molar-refractivity contribution in [2.45, 2.75) is 56.9 Å². The molecule has 0 aliphatic carbocycles. The molecule has 2 aromatic rings. The summed E-state index contributed by atoms with van der Waals surface area (Å²) in [4.78, 5) is 15.6. The summed E-state index contributed by atoms with van der Waals surface area (Å²) in [6, 6.07) is 15.4. The third-order valence-corrected chi connectivity index (χ3v) is 9.39. The van der Waals surface area contributed by atoms with E-state index in [0.29, 0.717) is 31.1 Å². The number of benzene rings is 2. The molecule has 190 valence electrons. The van der Waals surface area contributed by atoms with Gasteiger partial charge < -0.3 is 5.32 Å². The fraction of sp³-hybridized carbons (Fsp3) is 0.536. The molecule has 35 heavy (non-hydrogen) atoms. The van der Waals surface area contributed by atoms with Gasteiger partial charge in [0.05, 0.1) is 11.4 Å². The van der Waals surface area contributed by atoms with Crippen molar-refractivity contribution in [3.05, 3.63) is 65.2 Å². The van der Waals surface area contributed by atoms with Crippen molar-refractivity contribution < 1.29 is 13.2 Å². The van der Waals surface area contributed by atoms with Gasteiger partial charge in [-0.3, -0.25) is 9.69 Å². The lowest BCUT2D eigenvalue weighted by Gasteiger charge is -2.35. The molecular weight excluding hydrogens is 458 g/mol. The zero-order valence-electron chi connectivity index (χ0n) is 21.1. The third-order valence-electron chi connectivity index (χ3n) is 7.47. The summed E-state index contributed by atoms with van der Waals surface area (Å²) < 4.78 is 27.5. The molecule has 0 radical (unpaired) electrons. The van der Waals surface area contributed by atoms with Crippen molar-refractivity contribution in [3.8, 4) is 0 Å². The number of likely N-dealkylation sites (tertiary alicyclic amines) is 1. The Bertz CT molecular complexity index is 1070. The fourth-order valence-corrected chi connectivity index (χ4v) is 6.56. The molecule has 2 aliphatic rings. The molecule has 6 nitrogen and oxygen atoms in total. The third kappa shape index (κ3) is 6.58. The molecule has 0 bridgehead atoms. The summed E-state index contributed by atoms with van der Waals surface area (Å²) in [5.41, 5.74) is 3.06. The number of piperidine rings is 2. The molecule has 2 fully saturated rings. The van der Waals surface area contributed by atoms with Gasteiger partial charge in [0.25, 0.3) is 0 Å². The predicted molar refractivity (Wildman–Crippen MR) is 140 cm³/mol. The van der Waals surface area contributed by atoms with E-state index in [2.05, 4.69) is 48.3 Å². The SMILES string of the molecule is Cc1ccc(C(CNCC(=O)c2ccc(S(=O)(=O)N3CCC(C)CC3)cc2)N2CCCCC2)cc1. The van der Waals surface area contributed by atoms with Crippen molar-refractivity contribution in [2.24, 2.45) is 5.92 Å². The van der Waals surface area contributed by atoms with Gasteiger partial charge in [0, 0.05) is 31.2 Å². The van der Waals surface area contributed by atoms with Crippen LogP contribution < -0.4 is 5.32 Å². The summed E-state index contributed by atoms with van der Waals surface area (Å²) in [5, 5.41) is 3.38. The van der Waals surface area contributed by atoms with E-state index in [0.717, 1.165) is 25.9 Å². The number of hydrogen-bond acceptors (Lipinski definition) is 5. The maximum absolute atomic E-state index is 13.0. The molecule has 4 rings (SSSR count). The van der Waals surface area contributed by atoms with Crippen LogP contribution in [0.1, 0.15) is 66.6 Å². The van der Waals surface area contributed by atoms with E-state index in [1.165, 1.54) is 30.4 Å². The largest absolute Gasteiger partial charge is 0.308 e. The van der Waals surface area contributed by atoms with E-state index < -0.39 is 10.0 Å². The van der Waals surface area contributed by atoms with Crippen LogP contribution in [0, 0.1) is 12.8 Å². The summed E-state index contributed by atoms with van der Waals surface area (Å²) >= 11 is 0. The van der Waals surface area contributed by atoms with E-state index in [4.69, 9.17) is 0 Å². The van der Waals surface area contributed by atoms with Crippen LogP contribution in [0.3, 0.4) is 0 Å². The average Bonchev–Trinajstić information content (AvgIpc) is 2.88. The van der Waals surface area contributed by atoms with Crippen LogP contribution in [-0.4, -0.2) is 62.7 Å². The highest BCUT2D eigenvalue weighted by Gasteiger charge is 2.28. The number of Topliss-reactive ketones (excluding diaryl/α,β-unsaturated/α-hetero) is 1. The second kappa shape index (κ2) is 11.8. The van der Waals surface area contributed by atoms with Gasteiger partial charge in [0.1, 0.15) is 0 Å². The Morgan fingerprint density at radius 3 is 2.20 bits per heavy atom. The lowest BCUT2D eigenvalue weighted by Crippen LogP contribution is -2.40. The van der Waals surface area contributed by atoms with Gasteiger partial charge in [-0.15, -0.1) is 0 Å². The maximum atomic E-state index is 13.0. The van der Waals surface area contributed by atoms with Crippen LogP contribution in [0.5, 0.6) is 0 Å². The molecule has 1 atom stereocenters. The van der Waals surface area contributed by atoms with Gasteiger partial charge in [-0.2, -0.15) is 4.31 Å². The number of sulfonamides is 1. The van der Waals surface area contributed by atoms with E-state index in [1.807, 2.05) is 0 Å². The van der Waals surface area contributed by atoms with Gasteiger partial charge in [0.2, 0.25) is 10.0 Å². The first kappa shape index (κ1) is 26.0. The van der Waals surface area contributed by atoms with Crippen molar-refractivity contribution >= 4 is 15.8 Å². The highest BCUT2D eigenvalue weighted by molar-refractivity contribution is 7.89. The second-order valence-corrected chi connectivity index (χ2v) is 12.1. The molecule has 7 heteroatoms. The molecule has 2 aliphatic heterocycles. The lowest BCUT2D eigenvalue weighted by molar-refractivity contribution is 0.0983. The molecule has 2 heterocycles. The zero-order valence-corrected chi connectivity index (χ0v) is 21.9. The number of aryl methyl sites for hydroxylation is 1. The number of nitrogens with one attached hydrogen (secondary N) is 1. The van der Waals surface area contributed by atoms with Crippen LogP contribution >= 0.6 is 0 Å². The summed E-state index contributed by atoms with van der Waals surface area (Å²) in [7, 11) is -3.50. The fourth-order valence-electron chi connectivity index (χ4n) is 5.09. The molecule has 0 amide bonds. The minimum atomic E-state index is -3.50. The Morgan fingerprint density at radius 1 is 0.943 bits per heavy atom. The Morgan fingerprint density at radius 2 is 1.57 bits per heavy atom. The monoisotopic (exact) mass is 497 g/mol. The Labute approximate surface area is 210 Å². The first-order valence-corrected chi connectivity index (χ1v) is 14.4. The van der Waals surface area contributed by atoms with Crippen molar-refractivity contribution in [1.82, 2.24) is 14.5 Å². The van der Waals surface area contributed by atoms with Crippen LogP contribution in [-0.2, 0) is 10.0 Å². The summed E-state index contributed by atoms with van der Waals surface area (Å²) in [6.07, 6.45) is 5.50. The first-order valence-electron chi connectivity index (χ1n) is 13.0. The highest BCUT2D eigenvalue weighted by Crippen LogP contribution is 2.25. The van der Waals surface area contributed by atoms with Gasteiger partial charge >= 0.3 is 0 Å². The van der Waals surface area contributed by atoms with Gasteiger partial charge in [-0.25, -0.2) is 8.42 Å². The smallest absolute Gasteiger partial charge is 0.243 e. The molecule has 1 unspecified atom stereocenters. The molecule has 0 aromatic heterocycles. The normalized spacial score (nSPS) is 19.5. The highest BCUT2D eigenvalue weighted by atomic mass is 32.2. The minimum Gasteiger partial charge on any atom is -0.308 e. The number of carbonyl (C=O) groups excluding carboxylic acids is 1. The van der Waals surface area contributed by atoms with Crippen molar-refractivity contribution in [3.63, 3.8) is 0 Å². The number of carbonyl (C=O) groups is 1. The quantitative estimate of drug-likeness (QED) is 0.520. The minimum absolute atomic E-state index is 0.0259.